The van der Waals surface area contributed by atoms with Crippen LogP contribution in [0.5, 0.6) is 0 Å². The molecular weight excluding hydrogens is 276 g/mol. The van der Waals surface area contributed by atoms with Crippen molar-refractivity contribution in [2.75, 3.05) is 14.2 Å². The van der Waals surface area contributed by atoms with E-state index in [-0.39, 0.29) is 11.3 Å². The Morgan fingerprint density at radius 3 is 2.24 bits per heavy atom. The van der Waals surface area contributed by atoms with Crippen molar-refractivity contribution in [3.05, 3.63) is 47.3 Å². The van der Waals surface area contributed by atoms with E-state index >= 15 is 0 Å². The largest absolute Gasteiger partial charge is 0.465 e. The summed E-state index contributed by atoms with van der Waals surface area (Å²) in [5.74, 6) is -1.15. The number of benzene rings is 1. The molecule has 0 spiro atoms. The highest BCUT2D eigenvalue weighted by Gasteiger charge is 2.17. The van der Waals surface area contributed by atoms with Crippen molar-refractivity contribution in [3.63, 3.8) is 0 Å². The molecule has 0 saturated carbocycles. The summed E-state index contributed by atoms with van der Waals surface area (Å²) in [6.45, 7) is 0. The predicted molar refractivity (Wildman–Crippen MR) is 71.6 cm³/mol. The first-order chi connectivity index (χ1) is 10.1. The van der Waals surface area contributed by atoms with Gasteiger partial charge in [-0.3, -0.25) is 4.79 Å². The number of methoxy groups -OCH3 is 2. The van der Waals surface area contributed by atoms with Crippen molar-refractivity contribution in [1.29, 1.82) is 0 Å². The van der Waals surface area contributed by atoms with Gasteiger partial charge in [-0.1, -0.05) is 0 Å². The minimum absolute atomic E-state index is 0.0652. The van der Waals surface area contributed by atoms with Crippen LogP contribution >= 0.6 is 0 Å². The maximum atomic E-state index is 11.5. The molecule has 0 bridgehead atoms. The second kappa shape index (κ2) is 6.00. The molecule has 0 N–H and O–H groups in total. The van der Waals surface area contributed by atoms with Gasteiger partial charge in [-0.05, 0) is 24.3 Å². The maximum absolute atomic E-state index is 11.5. The van der Waals surface area contributed by atoms with Crippen LogP contribution in [-0.4, -0.2) is 42.2 Å². The molecule has 0 saturated heterocycles. The van der Waals surface area contributed by atoms with Crippen LogP contribution in [0.3, 0.4) is 0 Å². The van der Waals surface area contributed by atoms with E-state index in [9.17, 15) is 14.4 Å². The molecule has 7 nitrogen and oxygen atoms in total. The first-order valence-corrected chi connectivity index (χ1v) is 5.92. The summed E-state index contributed by atoms with van der Waals surface area (Å²) < 4.78 is 10.5. The molecule has 0 aliphatic carbocycles. The summed E-state index contributed by atoms with van der Waals surface area (Å²) in [6, 6.07) is 6.35. The van der Waals surface area contributed by atoms with Crippen LogP contribution in [0.1, 0.15) is 31.2 Å². The second-order valence-electron chi connectivity index (χ2n) is 4.03. The Morgan fingerprint density at radius 1 is 1.10 bits per heavy atom. The van der Waals surface area contributed by atoms with Crippen molar-refractivity contribution < 1.29 is 23.9 Å². The summed E-state index contributed by atoms with van der Waals surface area (Å²) in [4.78, 5) is 33.8. The number of hydrogen-bond donors (Lipinski definition) is 0. The van der Waals surface area contributed by atoms with Gasteiger partial charge in [0.25, 0.3) is 0 Å². The number of carbonyl (C=O) groups excluding carboxylic acids is 3. The number of rotatable bonds is 4. The maximum Gasteiger partial charge on any atom is 0.359 e. The molecule has 0 amide bonds. The van der Waals surface area contributed by atoms with Crippen LogP contribution < -0.4 is 0 Å². The van der Waals surface area contributed by atoms with E-state index in [1.807, 2.05) is 0 Å². The van der Waals surface area contributed by atoms with Crippen LogP contribution in [0, 0.1) is 0 Å². The average molecular weight is 288 g/mol. The van der Waals surface area contributed by atoms with Crippen molar-refractivity contribution in [2.24, 2.45) is 0 Å². The summed E-state index contributed by atoms with van der Waals surface area (Å²) in [5, 5.41) is 4.01. The lowest BCUT2D eigenvalue weighted by atomic mass is 10.2. The van der Waals surface area contributed by atoms with E-state index in [1.165, 1.54) is 25.1 Å². The normalized spacial score (nSPS) is 10.0. The summed E-state index contributed by atoms with van der Waals surface area (Å²) in [6.07, 6.45) is 1.94. The Bertz CT molecular complexity index is 688. The molecule has 2 aromatic rings. The van der Waals surface area contributed by atoms with Crippen LogP contribution in [0.2, 0.25) is 0 Å². The second-order valence-corrected chi connectivity index (χ2v) is 4.03. The molecule has 0 unspecified atom stereocenters. The topological polar surface area (TPSA) is 87.5 Å². The molecular formula is C14H12N2O5. The zero-order valence-corrected chi connectivity index (χ0v) is 11.4. The SMILES string of the molecule is COC(=O)c1ccc(-n2cc(C=O)c(C(=O)OC)n2)cc1. The number of hydrogen-bond acceptors (Lipinski definition) is 6. The lowest BCUT2D eigenvalue weighted by molar-refractivity contribution is 0.0586. The molecule has 7 heteroatoms. The Balaban J connectivity index is 2.38. The van der Waals surface area contributed by atoms with E-state index in [0.717, 1.165) is 0 Å². The smallest absolute Gasteiger partial charge is 0.359 e. The molecule has 0 atom stereocenters. The Labute approximate surface area is 120 Å². The van der Waals surface area contributed by atoms with Gasteiger partial charge in [-0.15, -0.1) is 0 Å². The van der Waals surface area contributed by atoms with Crippen molar-refractivity contribution in [3.8, 4) is 5.69 Å². The number of ether oxygens (including phenoxy) is 2. The quantitative estimate of drug-likeness (QED) is 0.621. The van der Waals surface area contributed by atoms with Gasteiger partial charge in [-0.25, -0.2) is 14.3 Å². The minimum atomic E-state index is -0.693. The third-order valence-electron chi connectivity index (χ3n) is 2.80. The summed E-state index contributed by atoms with van der Waals surface area (Å²) >= 11 is 0. The van der Waals surface area contributed by atoms with Crippen LogP contribution in [0.15, 0.2) is 30.5 Å². The van der Waals surface area contributed by atoms with Crippen molar-refractivity contribution >= 4 is 18.2 Å². The van der Waals surface area contributed by atoms with Gasteiger partial charge in [-0.2, -0.15) is 5.10 Å². The lowest BCUT2D eigenvalue weighted by Gasteiger charge is -2.03. The molecule has 21 heavy (non-hydrogen) atoms. The van der Waals surface area contributed by atoms with Crippen LogP contribution in [-0.2, 0) is 9.47 Å². The standard InChI is InChI=1S/C14H12N2O5/c1-20-13(18)9-3-5-11(6-4-9)16-7-10(8-17)12(15-16)14(19)21-2/h3-8H,1-2H3. The fraction of sp³-hybridized carbons (Fsp3) is 0.143. The molecule has 1 aromatic heterocycles. The number of esters is 2. The van der Waals surface area contributed by atoms with E-state index in [2.05, 4.69) is 14.6 Å². The fourth-order valence-corrected chi connectivity index (χ4v) is 1.73. The molecule has 0 fully saturated rings. The number of aldehydes is 1. The molecule has 108 valence electrons. The van der Waals surface area contributed by atoms with Gasteiger partial charge in [0.05, 0.1) is 31.0 Å². The Kier molecular flexibility index (Phi) is 4.13. The van der Waals surface area contributed by atoms with Gasteiger partial charge in [0.15, 0.2) is 12.0 Å². The van der Waals surface area contributed by atoms with Gasteiger partial charge < -0.3 is 9.47 Å². The third kappa shape index (κ3) is 2.81. The van der Waals surface area contributed by atoms with Crippen molar-refractivity contribution in [2.45, 2.75) is 0 Å². The summed E-state index contributed by atoms with van der Waals surface area (Å²) in [5.41, 5.74) is 1.03. The van der Waals surface area contributed by atoms with Gasteiger partial charge in [0.1, 0.15) is 0 Å². The molecule has 1 heterocycles. The Morgan fingerprint density at radius 2 is 1.71 bits per heavy atom. The van der Waals surface area contributed by atoms with E-state index < -0.39 is 11.9 Å². The fourth-order valence-electron chi connectivity index (χ4n) is 1.73. The number of aromatic nitrogens is 2. The zero-order valence-electron chi connectivity index (χ0n) is 11.4. The molecule has 2 rings (SSSR count). The highest BCUT2D eigenvalue weighted by Crippen LogP contribution is 2.13. The van der Waals surface area contributed by atoms with Crippen LogP contribution in [0.4, 0.5) is 0 Å². The van der Waals surface area contributed by atoms with E-state index in [4.69, 9.17) is 0 Å². The predicted octanol–water partition coefficient (Wildman–Crippen LogP) is 1.26. The van der Waals surface area contributed by atoms with E-state index in [1.54, 1.807) is 24.3 Å². The van der Waals surface area contributed by atoms with Gasteiger partial charge >= 0.3 is 11.9 Å². The first-order valence-electron chi connectivity index (χ1n) is 5.92. The molecule has 0 radical (unpaired) electrons. The number of nitrogens with zero attached hydrogens (tertiary/aromatic N) is 2. The minimum Gasteiger partial charge on any atom is -0.465 e. The van der Waals surface area contributed by atoms with Gasteiger partial charge in [0, 0.05) is 6.20 Å². The molecule has 0 aliphatic heterocycles. The van der Waals surface area contributed by atoms with Gasteiger partial charge in [0.2, 0.25) is 0 Å². The van der Waals surface area contributed by atoms with Crippen molar-refractivity contribution in [1.82, 2.24) is 9.78 Å². The van der Waals surface area contributed by atoms with E-state index in [0.29, 0.717) is 17.5 Å². The summed E-state index contributed by atoms with van der Waals surface area (Å²) in [7, 11) is 2.50. The Hall–Kier alpha value is -2.96. The highest BCUT2D eigenvalue weighted by molar-refractivity contribution is 5.96. The molecule has 1 aromatic carbocycles. The third-order valence-corrected chi connectivity index (χ3v) is 2.80. The number of carbonyl (C=O) groups is 3. The zero-order chi connectivity index (χ0) is 15.4. The lowest BCUT2D eigenvalue weighted by Crippen LogP contribution is -2.06. The molecule has 0 aliphatic rings. The monoisotopic (exact) mass is 288 g/mol. The highest BCUT2D eigenvalue weighted by atomic mass is 16.5. The average Bonchev–Trinajstić information content (AvgIpc) is 2.97. The van der Waals surface area contributed by atoms with Crippen LogP contribution in [0.25, 0.3) is 5.69 Å². The first kappa shape index (κ1) is 14.4.